The Morgan fingerprint density at radius 1 is 1.56 bits per heavy atom. The van der Waals surface area contributed by atoms with Crippen molar-refractivity contribution in [3.8, 4) is 0 Å². The van der Waals surface area contributed by atoms with Crippen LogP contribution in [0.25, 0.3) is 0 Å². The minimum Gasteiger partial charge on any atom is -0.480 e. The molecule has 0 atom stereocenters. The van der Waals surface area contributed by atoms with Gasteiger partial charge >= 0.3 is 5.97 Å². The molecule has 0 spiro atoms. The number of rotatable bonds is 2. The van der Waals surface area contributed by atoms with Crippen LogP contribution in [0.1, 0.15) is 0 Å². The molecular formula is C3H7ClO4S. The van der Waals surface area contributed by atoms with E-state index in [9.17, 15) is 13.2 Å². The molecule has 0 saturated carbocycles. The van der Waals surface area contributed by atoms with Crippen LogP contribution in [0.15, 0.2) is 0 Å². The van der Waals surface area contributed by atoms with E-state index in [1.165, 1.54) is 0 Å². The highest BCUT2D eigenvalue weighted by Crippen LogP contribution is 1.79. The van der Waals surface area contributed by atoms with Gasteiger partial charge < -0.3 is 5.11 Å². The topological polar surface area (TPSA) is 71.4 Å². The van der Waals surface area contributed by atoms with Gasteiger partial charge in [-0.15, -0.1) is 12.4 Å². The molecular weight excluding hydrogens is 168 g/mol. The molecule has 1 N–H and O–H groups in total. The highest BCUT2D eigenvalue weighted by molar-refractivity contribution is 7.91. The molecule has 0 heterocycles. The van der Waals surface area contributed by atoms with Gasteiger partial charge in [0, 0.05) is 6.26 Å². The molecule has 56 valence electrons. The second kappa shape index (κ2) is 3.68. The maximum absolute atomic E-state index is 10.1. The minimum atomic E-state index is -3.32. The van der Waals surface area contributed by atoms with Crippen molar-refractivity contribution in [3.05, 3.63) is 0 Å². The lowest BCUT2D eigenvalue weighted by atomic mass is 10.8. The first-order valence-electron chi connectivity index (χ1n) is 1.81. The van der Waals surface area contributed by atoms with Crippen molar-refractivity contribution in [2.75, 3.05) is 12.0 Å². The van der Waals surface area contributed by atoms with Gasteiger partial charge in [-0.25, -0.2) is 8.42 Å². The van der Waals surface area contributed by atoms with Crippen molar-refractivity contribution in [2.24, 2.45) is 0 Å². The molecule has 0 saturated heterocycles. The Morgan fingerprint density at radius 3 is 1.89 bits per heavy atom. The number of aliphatic carboxylic acids is 1. The van der Waals surface area contributed by atoms with E-state index in [2.05, 4.69) is 0 Å². The molecule has 0 bridgehead atoms. The number of carboxylic acids is 1. The normalized spacial score (nSPS) is 9.89. The Hall–Kier alpha value is -0.290. The summed E-state index contributed by atoms with van der Waals surface area (Å²) in [5.74, 6) is -2.10. The molecule has 0 aromatic heterocycles. The van der Waals surface area contributed by atoms with E-state index < -0.39 is 21.6 Å². The number of carboxylic acid groups (broad SMARTS) is 1. The SMILES string of the molecule is CS(=O)(=O)CC(=O)O.Cl. The van der Waals surface area contributed by atoms with Crippen LogP contribution in [0.4, 0.5) is 0 Å². The van der Waals surface area contributed by atoms with E-state index in [1.807, 2.05) is 0 Å². The highest BCUT2D eigenvalue weighted by Gasteiger charge is 2.06. The van der Waals surface area contributed by atoms with Crippen molar-refractivity contribution >= 4 is 28.2 Å². The third-order valence-electron chi connectivity index (χ3n) is 0.386. The van der Waals surface area contributed by atoms with Crippen LogP contribution in [0, 0.1) is 0 Å². The van der Waals surface area contributed by atoms with Gasteiger partial charge in [0.25, 0.3) is 0 Å². The number of sulfone groups is 1. The highest BCUT2D eigenvalue weighted by atomic mass is 35.5. The zero-order valence-electron chi connectivity index (χ0n) is 4.70. The van der Waals surface area contributed by atoms with Crippen molar-refractivity contribution in [3.63, 3.8) is 0 Å². The molecule has 0 rings (SSSR count). The number of hydrogen-bond donors (Lipinski definition) is 1. The summed E-state index contributed by atoms with van der Waals surface area (Å²) in [6.45, 7) is 0. The predicted octanol–water partition coefficient (Wildman–Crippen LogP) is -0.463. The van der Waals surface area contributed by atoms with E-state index in [0.29, 0.717) is 0 Å². The zero-order chi connectivity index (χ0) is 6.78. The van der Waals surface area contributed by atoms with E-state index in [4.69, 9.17) is 5.11 Å². The molecule has 4 nitrogen and oxygen atoms in total. The average molecular weight is 175 g/mol. The van der Waals surface area contributed by atoms with Crippen LogP contribution in [0.2, 0.25) is 0 Å². The number of hydrogen-bond acceptors (Lipinski definition) is 3. The van der Waals surface area contributed by atoms with Crippen molar-refractivity contribution in [1.82, 2.24) is 0 Å². The molecule has 0 aliphatic carbocycles. The summed E-state index contributed by atoms with van der Waals surface area (Å²) in [6, 6.07) is 0. The number of carbonyl (C=O) groups is 1. The van der Waals surface area contributed by atoms with Gasteiger partial charge in [-0.05, 0) is 0 Å². The maximum Gasteiger partial charge on any atom is 0.318 e. The first-order chi connectivity index (χ1) is 3.42. The fraction of sp³-hybridized carbons (Fsp3) is 0.667. The lowest BCUT2D eigenvalue weighted by Gasteiger charge is -1.86. The lowest BCUT2D eigenvalue weighted by molar-refractivity contribution is -0.134. The van der Waals surface area contributed by atoms with Crippen LogP contribution >= 0.6 is 12.4 Å². The van der Waals surface area contributed by atoms with Gasteiger partial charge in [-0.1, -0.05) is 0 Å². The van der Waals surface area contributed by atoms with E-state index in [-0.39, 0.29) is 12.4 Å². The Bertz CT molecular complexity index is 182. The molecule has 0 fully saturated rings. The van der Waals surface area contributed by atoms with Gasteiger partial charge in [0.1, 0.15) is 5.75 Å². The molecule has 6 heteroatoms. The summed E-state index contributed by atoms with van der Waals surface area (Å²) < 4.78 is 20.1. The largest absolute Gasteiger partial charge is 0.480 e. The molecule has 0 radical (unpaired) electrons. The van der Waals surface area contributed by atoms with E-state index >= 15 is 0 Å². The van der Waals surface area contributed by atoms with Crippen molar-refractivity contribution < 1.29 is 18.3 Å². The molecule has 9 heavy (non-hydrogen) atoms. The predicted molar refractivity (Wildman–Crippen MR) is 34.6 cm³/mol. The third-order valence-corrected chi connectivity index (χ3v) is 1.16. The fourth-order valence-corrected chi connectivity index (χ4v) is 0.673. The fourth-order valence-electron chi connectivity index (χ4n) is 0.224. The van der Waals surface area contributed by atoms with Crippen LogP contribution < -0.4 is 0 Å². The van der Waals surface area contributed by atoms with Gasteiger partial charge in [-0.3, -0.25) is 4.79 Å². The second-order valence-corrected chi connectivity index (χ2v) is 3.60. The van der Waals surface area contributed by atoms with Crippen LogP contribution in [0.5, 0.6) is 0 Å². The molecule has 0 aliphatic heterocycles. The quantitative estimate of drug-likeness (QED) is 0.615. The first-order valence-corrected chi connectivity index (χ1v) is 3.87. The monoisotopic (exact) mass is 174 g/mol. The molecule has 0 amide bonds. The third kappa shape index (κ3) is 11.3. The summed E-state index contributed by atoms with van der Waals surface area (Å²) in [6.07, 6.45) is 0.876. The minimum absolute atomic E-state index is 0. The second-order valence-electron chi connectivity index (χ2n) is 1.46. The van der Waals surface area contributed by atoms with Gasteiger partial charge in [-0.2, -0.15) is 0 Å². The zero-order valence-corrected chi connectivity index (χ0v) is 6.33. The summed E-state index contributed by atoms with van der Waals surface area (Å²) in [7, 11) is -3.32. The van der Waals surface area contributed by atoms with Gasteiger partial charge in [0.05, 0.1) is 0 Å². The smallest absolute Gasteiger partial charge is 0.318 e. The Morgan fingerprint density at radius 2 is 1.89 bits per heavy atom. The van der Waals surface area contributed by atoms with Crippen molar-refractivity contribution in [2.45, 2.75) is 0 Å². The maximum atomic E-state index is 10.1. The van der Waals surface area contributed by atoms with Gasteiger partial charge in [0.15, 0.2) is 9.84 Å². The van der Waals surface area contributed by atoms with Crippen LogP contribution in [-0.4, -0.2) is 31.5 Å². The molecule has 0 aromatic carbocycles. The van der Waals surface area contributed by atoms with Gasteiger partial charge in [0.2, 0.25) is 0 Å². The summed E-state index contributed by atoms with van der Waals surface area (Å²) in [5, 5.41) is 7.87. The van der Waals surface area contributed by atoms with E-state index in [0.717, 1.165) is 6.26 Å². The first kappa shape index (κ1) is 11.5. The Kier molecular flexibility index (Phi) is 4.70. The molecule has 0 aromatic rings. The number of halogens is 1. The van der Waals surface area contributed by atoms with Crippen molar-refractivity contribution in [1.29, 1.82) is 0 Å². The Balaban J connectivity index is 0. The summed E-state index contributed by atoms with van der Waals surface area (Å²) in [4.78, 5) is 9.64. The van der Waals surface area contributed by atoms with E-state index in [1.54, 1.807) is 0 Å². The standard InChI is InChI=1S/C3H6O4S.ClH/c1-8(6,7)2-3(4)5;/h2H2,1H3,(H,4,5);1H. The van der Waals surface area contributed by atoms with Crippen LogP contribution in [0.3, 0.4) is 0 Å². The lowest BCUT2D eigenvalue weighted by Crippen LogP contribution is -2.12. The Labute approximate surface area is 59.2 Å². The van der Waals surface area contributed by atoms with Crippen LogP contribution in [-0.2, 0) is 14.6 Å². The summed E-state index contributed by atoms with van der Waals surface area (Å²) >= 11 is 0. The summed E-state index contributed by atoms with van der Waals surface area (Å²) in [5.41, 5.74) is 0. The average Bonchev–Trinajstić information content (AvgIpc) is 1.21. The molecule has 0 aliphatic rings. The molecule has 0 unspecified atom stereocenters.